The summed E-state index contributed by atoms with van der Waals surface area (Å²) in [6.45, 7) is 1.63. The molecular formula is C16H17N5O4. The summed E-state index contributed by atoms with van der Waals surface area (Å²) in [5.41, 5.74) is -0.0804. The molecule has 3 rings (SSSR count). The average Bonchev–Trinajstić information content (AvgIpc) is 3.08. The Kier molecular flexibility index (Phi) is 4.22. The standard InChI is InChI=1S/C16H17N5O4/c1-10(15(23)25-3)21-9-18-13-12(21)14(22)20(16(24)19(13)2)8-11-6-4-5-7-17-11/h4-7,9-10H,8H2,1-3H3/t10-/m0/s1. The van der Waals surface area contributed by atoms with Gasteiger partial charge in [-0.05, 0) is 19.1 Å². The van der Waals surface area contributed by atoms with Gasteiger partial charge in [0.2, 0.25) is 0 Å². The van der Waals surface area contributed by atoms with Gasteiger partial charge >= 0.3 is 11.7 Å². The molecule has 0 bridgehead atoms. The van der Waals surface area contributed by atoms with Crippen LogP contribution in [0.3, 0.4) is 0 Å². The molecule has 0 amide bonds. The molecule has 0 saturated heterocycles. The number of hydrogen-bond donors (Lipinski definition) is 0. The number of aromatic nitrogens is 5. The largest absolute Gasteiger partial charge is 0.467 e. The molecule has 3 aromatic rings. The van der Waals surface area contributed by atoms with Crippen LogP contribution in [0.2, 0.25) is 0 Å². The first-order chi connectivity index (χ1) is 12.0. The van der Waals surface area contributed by atoms with E-state index in [4.69, 9.17) is 4.74 Å². The van der Waals surface area contributed by atoms with E-state index in [0.717, 1.165) is 4.57 Å². The van der Waals surface area contributed by atoms with Crippen LogP contribution in [0.5, 0.6) is 0 Å². The van der Waals surface area contributed by atoms with E-state index in [-0.39, 0.29) is 17.7 Å². The highest BCUT2D eigenvalue weighted by Gasteiger charge is 2.23. The molecule has 25 heavy (non-hydrogen) atoms. The number of esters is 1. The second kappa shape index (κ2) is 6.34. The maximum Gasteiger partial charge on any atom is 0.332 e. The van der Waals surface area contributed by atoms with Gasteiger partial charge in [0.15, 0.2) is 11.2 Å². The van der Waals surface area contributed by atoms with Crippen LogP contribution in [-0.4, -0.2) is 36.7 Å². The number of hydrogen-bond acceptors (Lipinski definition) is 6. The molecule has 130 valence electrons. The third-order valence-corrected chi connectivity index (χ3v) is 4.06. The predicted octanol–water partition coefficient (Wildman–Crippen LogP) is 0.0740. The van der Waals surface area contributed by atoms with Crippen molar-refractivity contribution in [2.75, 3.05) is 7.11 Å². The Morgan fingerprint density at radius 2 is 2.04 bits per heavy atom. The molecular weight excluding hydrogens is 326 g/mol. The number of ether oxygens (including phenoxy) is 1. The minimum atomic E-state index is -0.747. The van der Waals surface area contributed by atoms with Crippen molar-refractivity contribution in [1.82, 2.24) is 23.7 Å². The van der Waals surface area contributed by atoms with Crippen LogP contribution >= 0.6 is 0 Å². The lowest BCUT2D eigenvalue weighted by Crippen LogP contribution is -2.40. The van der Waals surface area contributed by atoms with E-state index in [1.807, 2.05) is 0 Å². The van der Waals surface area contributed by atoms with Gasteiger partial charge in [0.25, 0.3) is 5.56 Å². The molecule has 0 saturated carbocycles. The van der Waals surface area contributed by atoms with Gasteiger partial charge in [-0.2, -0.15) is 0 Å². The van der Waals surface area contributed by atoms with E-state index < -0.39 is 23.3 Å². The van der Waals surface area contributed by atoms with Crippen LogP contribution in [0.1, 0.15) is 18.7 Å². The second-order valence-electron chi connectivity index (χ2n) is 5.58. The Morgan fingerprint density at radius 1 is 1.28 bits per heavy atom. The van der Waals surface area contributed by atoms with Crippen LogP contribution < -0.4 is 11.2 Å². The smallest absolute Gasteiger partial charge is 0.332 e. The predicted molar refractivity (Wildman–Crippen MR) is 89.3 cm³/mol. The molecule has 0 aromatic carbocycles. The lowest BCUT2D eigenvalue weighted by Gasteiger charge is -2.13. The molecule has 0 unspecified atom stereocenters. The van der Waals surface area contributed by atoms with Gasteiger partial charge in [0.1, 0.15) is 6.04 Å². The highest BCUT2D eigenvalue weighted by Crippen LogP contribution is 2.14. The minimum Gasteiger partial charge on any atom is -0.467 e. The van der Waals surface area contributed by atoms with Crippen molar-refractivity contribution >= 4 is 17.1 Å². The molecule has 0 radical (unpaired) electrons. The fourth-order valence-electron chi connectivity index (χ4n) is 2.66. The molecule has 0 spiro atoms. The van der Waals surface area contributed by atoms with E-state index in [0.29, 0.717) is 5.69 Å². The summed E-state index contributed by atoms with van der Waals surface area (Å²) >= 11 is 0. The highest BCUT2D eigenvalue weighted by atomic mass is 16.5. The van der Waals surface area contributed by atoms with E-state index >= 15 is 0 Å². The first-order valence-corrected chi connectivity index (χ1v) is 7.59. The summed E-state index contributed by atoms with van der Waals surface area (Å²) in [5, 5.41) is 0. The first-order valence-electron chi connectivity index (χ1n) is 7.59. The van der Waals surface area contributed by atoms with Crippen molar-refractivity contribution in [3.63, 3.8) is 0 Å². The number of carbonyl (C=O) groups is 1. The normalized spacial score (nSPS) is 12.3. The molecule has 9 nitrogen and oxygen atoms in total. The molecule has 0 aliphatic carbocycles. The highest BCUT2D eigenvalue weighted by molar-refractivity contribution is 5.78. The summed E-state index contributed by atoms with van der Waals surface area (Å²) in [4.78, 5) is 45.5. The Hall–Kier alpha value is -3.23. The molecule has 0 aliphatic rings. The molecule has 3 aromatic heterocycles. The van der Waals surface area contributed by atoms with E-state index in [2.05, 4.69) is 9.97 Å². The third-order valence-electron chi connectivity index (χ3n) is 4.06. The van der Waals surface area contributed by atoms with Gasteiger partial charge in [-0.3, -0.25) is 18.9 Å². The number of fused-ring (bicyclic) bond motifs is 1. The number of pyridine rings is 1. The van der Waals surface area contributed by atoms with Crippen LogP contribution in [-0.2, 0) is 23.1 Å². The van der Waals surface area contributed by atoms with Crippen molar-refractivity contribution < 1.29 is 9.53 Å². The zero-order valence-corrected chi connectivity index (χ0v) is 14.0. The molecule has 0 fully saturated rings. The number of imidazole rings is 1. The Labute approximate surface area is 142 Å². The quantitative estimate of drug-likeness (QED) is 0.622. The van der Waals surface area contributed by atoms with Gasteiger partial charge in [0, 0.05) is 13.2 Å². The number of methoxy groups -OCH3 is 1. The summed E-state index contributed by atoms with van der Waals surface area (Å²) in [6, 6.07) is 4.51. The maximum atomic E-state index is 12.9. The van der Waals surface area contributed by atoms with Gasteiger partial charge in [-0.15, -0.1) is 0 Å². The zero-order chi connectivity index (χ0) is 18.1. The van der Waals surface area contributed by atoms with Gasteiger partial charge in [-0.1, -0.05) is 6.07 Å². The van der Waals surface area contributed by atoms with E-state index in [9.17, 15) is 14.4 Å². The topological polar surface area (TPSA) is 101 Å². The number of nitrogens with zero attached hydrogens (tertiary/aromatic N) is 5. The average molecular weight is 343 g/mol. The second-order valence-corrected chi connectivity index (χ2v) is 5.58. The number of carbonyl (C=O) groups excluding carboxylic acids is 1. The monoisotopic (exact) mass is 343 g/mol. The summed E-state index contributed by atoms with van der Waals surface area (Å²) in [6.07, 6.45) is 2.95. The van der Waals surface area contributed by atoms with Gasteiger partial charge in [-0.25, -0.2) is 14.6 Å². The van der Waals surface area contributed by atoms with Crippen LogP contribution in [0.15, 0.2) is 40.3 Å². The minimum absolute atomic E-state index is 0.0278. The lowest BCUT2D eigenvalue weighted by molar-refractivity contribution is -0.143. The fraction of sp³-hybridized carbons (Fsp3) is 0.312. The van der Waals surface area contributed by atoms with Crippen molar-refractivity contribution in [3.8, 4) is 0 Å². The van der Waals surface area contributed by atoms with Gasteiger partial charge < -0.3 is 9.30 Å². The summed E-state index contributed by atoms with van der Waals surface area (Å²) in [5.74, 6) is -0.510. The SMILES string of the molecule is COC(=O)[C@H](C)n1cnc2c1c(=O)n(Cc1ccccn1)c(=O)n2C. The molecule has 0 aliphatic heterocycles. The Morgan fingerprint density at radius 3 is 2.68 bits per heavy atom. The van der Waals surface area contributed by atoms with Crippen LogP contribution in [0, 0.1) is 0 Å². The number of aryl methyl sites for hydroxylation is 1. The molecule has 9 heteroatoms. The van der Waals surface area contributed by atoms with E-state index in [1.54, 1.807) is 31.3 Å². The van der Waals surface area contributed by atoms with Crippen molar-refractivity contribution in [2.45, 2.75) is 19.5 Å². The lowest BCUT2D eigenvalue weighted by atomic mass is 10.3. The molecule has 0 N–H and O–H groups in total. The maximum absolute atomic E-state index is 12.9. The Bertz CT molecular complexity index is 1050. The van der Waals surface area contributed by atoms with E-state index in [1.165, 1.54) is 29.6 Å². The summed E-state index contributed by atoms with van der Waals surface area (Å²) in [7, 11) is 2.80. The number of rotatable bonds is 4. The summed E-state index contributed by atoms with van der Waals surface area (Å²) < 4.78 is 8.50. The van der Waals surface area contributed by atoms with Gasteiger partial charge in [0.05, 0.1) is 25.7 Å². The van der Waals surface area contributed by atoms with Crippen LogP contribution in [0.25, 0.3) is 11.2 Å². The van der Waals surface area contributed by atoms with Crippen molar-refractivity contribution in [2.24, 2.45) is 7.05 Å². The first kappa shape index (κ1) is 16.6. The fourth-order valence-corrected chi connectivity index (χ4v) is 2.66. The van der Waals surface area contributed by atoms with Crippen molar-refractivity contribution in [3.05, 3.63) is 57.3 Å². The van der Waals surface area contributed by atoms with Crippen LogP contribution in [0.4, 0.5) is 0 Å². The third kappa shape index (κ3) is 2.73. The molecule has 1 atom stereocenters. The Balaban J connectivity index is 2.24. The molecule has 3 heterocycles. The van der Waals surface area contributed by atoms with Crippen molar-refractivity contribution in [1.29, 1.82) is 0 Å². The zero-order valence-electron chi connectivity index (χ0n) is 14.0.